The van der Waals surface area contributed by atoms with Crippen molar-refractivity contribution in [3.05, 3.63) is 58.6 Å². The molecule has 0 saturated heterocycles. The first-order valence-corrected chi connectivity index (χ1v) is 9.70. The molecule has 27 heavy (non-hydrogen) atoms. The molecule has 0 aliphatic carbocycles. The van der Waals surface area contributed by atoms with E-state index < -0.39 is 11.2 Å². The highest BCUT2D eigenvalue weighted by atomic mass is 35.5. The molecular weight excluding hydrogens is 409 g/mol. The number of nitrogens with zero attached hydrogens (tertiary/aromatic N) is 2. The zero-order valence-corrected chi connectivity index (χ0v) is 16.5. The molecule has 0 saturated carbocycles. The van der Waals surface area contributed by atoms with Gasteiger partial charge < -0.3 is 14.9 Å². The fourth-order valence-electron chi connectivity index (χ4n) is 2.34. The molecule has 0 spiro atoms. The van der Waals surface area contributed by atoms with E-state index in [0.717, 1.165) is 11.8 Å². The van der Waals surface area contributed by atoms with Crippen LogP contribution in [-0.2, 0) is 4.79 Å². The van der Waals surface area contributed by atoms with Gasteiger partial charge in [0, 0.05) is 17.2 Å². The Bertz CT molecular complexity index is 950. The quantitative estimate of drug-likeness (QED) is 0.480. The number of carbonyl (C=O) groups excluding carboxylic acids is 1. The molecule has 9 heteroatoms. The SMILES string of the molecule is CCC(Sc1c([O-])on[n+]1-c1ccccc1)C(=O)Nc1cc(Cl)ccc1Cl. The van der Waals surface area contributed by atoms with Crippen LogP contribution in [-0.4, -0.2) is 16.4 Å². The van der Waals surface area contributed by atoms with Crippen molar-refractivity contribution in [2.75, 3.05) is 5.32 Å². The van der Waals surface area contributed by atoms with Crippen LogP contribution < -0.4 is 15.1 Å². The summed E-state index contributed by atoms with van der Waals surface area (Å²) in [7, 11) is 0. The van der Waals surface area contributed by atoms with E-state index in [4.69, 9.17) is 27.7 Å². The van der Waals surface area contributed by atoms with E-state index in [1.54, 1.807) is 30.3 Å². The van der Waals surface area contributed by atoms with Crippen molar-refractivity contribution in [2.45, 2.75) is 23.6 Å². The van der Waals surface area contributed by atoms with Gasteiger partial charge in [-0.1, -0.05) is 48.3 Å². The van der Waals surface area contributed by atoms with Gasteiger partial charge in [-0.25, -0.2) is 0 Å². The zero-order chi connectivity index (χ0) is 19.4. The molecule has 0 aliphatic heterocycles. The number of amides is 1. The third kappa shape index (κ3) is 4.55. The fraction of sp³-hybridized carbons (Fsp3) is 0.167. The summed E-state index contributed by atoms with van der Waals surface area (Å²) in [6.07, 6.45) is 0.480. The van der Waals surface area contributed by atoms with Crippen molar-refractivity contribution < 1.29 is 19.1 Å². The molecule has 3 rings (SSSR count). The maximum Gasteiger partial charge on any atom is 0.298 e. The number of halogens is 2. The summed E-state index contributed by atoms with van der Waals surface area (Å²) < 4.78 is 6.18. The number of nitrogens with one attached hydrogen (secondary N) is 1. The summed E-state index contributed by atoms with van der Waals surface area (Å²) in [6.45, 7) is 1.85. The molecule has 1 atom stereocenters. The first-order valence-electron chi connectivity index (χ1n) is 8.06. The number of thioether (sulfide) groups is 1. The van der Waals surface area contributed by atoms with E-state index in [2.05, 4.69) is 10.6 Å². The number of hydrogen-bond acceptors (Lipinski definition) is 5. The second-order valence-electron chi connectivity index (χ2n) is 5.54. The molecule has 0 bridgehead atoms. The molecule has 140 valence electrons. The molecule has 1 heterocycles. The molecule has 6 nitrogen and oxygen atoms in total. The maximum atomic E-state index is 12.7. The molecule has 2 aromatic carbocycles. The topological polar surface area (TPSA) is 82.1 Å². The molecule has 3 aromatic rings. The minimum atomic E-state index is -0.601. The summed E-state index contributed by atoms with van der Waals surface area (Å²) in [5.41, 5.74) is 1.08. The zero-order valence-electron chi connectivity index (χ0n) is 14.2. The predicted molar refractivity (Wildman–Crippen MR) is 103 cm³/mol. The van der Waals surface area contributed by atoms with Crippen LogP contribution in [0.2, 0.25) is 10.0 Å². The van der Waals surface area contributed by atoms with Gasteiger partial charge in [-0.05, 0) is 41.1 Å². The van der Waals surface area contributed by atoms with Crippen LogP contribution in [0.5, 0.6) is 5.95 Å². The van der Waals surface area contributed by atoms with Crippen molar-refractivity contribution in [1.29, 1.82) is 0 Å². The minimum absolute atomic E-state index is 0.223. The Labute approximate surface area is 170 Å². The Kier molecular flexibility index (Phi) is 6.26. The van der Waals surface area contributed by atoms with E-state index >= 15 is 0 Å². The van der Waals surface area contributed by atoms with Crippen LogP contribution in [0.4, 0.5) is 5.69 Å². The van der Waals surface area contributed by atoms with Crippen molar-refractivity contribution in [3.8, 4) is 11.6 Å². The monoisotopic (exact) mass is 423 g/mol. The average molecular weight is 424 g/mol. The van der Waals surface area contributed by atoms with Gasteiger partial charge in [0.05, 0.1) is 21.2 Å². The standard InChI is InChI=1S/C18H15Cl2N3O3S/c1-2-15(16(24)21-14-10-11(19)8-9-13(14)20)27-17-18(25)26-22-23(17)12-6-4-3-5-7-12/h3-10,15H,2H2,1H3,(H-,21,22,24,25). The number of hydrogen-bond donors (Lipinski definition) is 1. The number of carbonyl (C=O) groups is 1. The molecular formula is C18H15Cl2N3O3S. The number of aromatic nitrogens is 2. The molecule has 1 amide bonds. The smallest absolute Gasteiger partial charge is 0.298 e. The minimum Gasteiger partial charge on any atom is -0.538 e. The second-order valence-corrected chi connectivity index (χ2v) is 7.58. The van der Waals surface area contributed by atoms with E-state index in [0.29, 0.717) is 27.8 Å². The highest BCUT2D eigenvalue weighted by Crippen LogP contribution is 2.31. The van der Waals surface area contributed by atoms with E-state index in [9.17, 15) is 9.90 Å². The number of benzene rings is 2. The van der Waals surface area contributed by atoms with Crippen LogP contribution in [0.15, 0.2) is 58.1 Å². The Morgan fingerprint density at radius 2 is 2.04 bits per heavy atom. The Balaban J connectivity index is 1.82. The Morgan fingerprint density at radius 3 is 2.74 bits per heavy atom. The summed E-state index contributed by atoms with van der Waals surface area (Å²) in [5, 5.41) is 19.1. The predicted octanol–water partition coefficient (Wildman–Crippen LogP) is 3.84. The number of anilines is 1. The molecule has 0 aliphatic rings. The van der Waals surface area contributed by atoms with Crippen LogP contribution in [0, 0.1) is 0 Å². The first kappa shape index (κ1) is 19.5. The molecule has 1 aromatic heterocycles. The van der Waals surface area contributed by atoms with Gasteiger partial charge >= 0.3 is 0 Å². The van der Waals surface area contributed by atoms with Gasteiger partial charge in [0.15, 0.2) is 5.95 Å². The van der Waals surface area contributed by atoms with Gasteiger partial charge in [-0.15, -0.1) is 0 Å². The molecule has 0 fully saturated rings. The van der Waals surface area contributed by atoms with Gasteiger partial charge in [0.2, 0.25) is 11.6 Å². The molecule has 0 radical (unpaired) electrons. The lowest BCUT2D eigenvalue weighted by Crippen LogP contribution is -2.36. The van der Waals surface area contributed by atoms with Crippen LogP contribution >= 0.6 is 35.0 Å². The third-order valence-corrected chi connectivity index (χ3v) is 5.64. The lowest BCUT2D eigenvalue weighted by Gasteiger charge is -2.14. The second kappa shape index (κ2) is 8.65. The van der Waals surface area contributed by atoms with E-state index in [-0.39, 0.29) is 10.9 Å². The van der Waals surface area contributed by atoms with Crippen molar-refractivity contribution in [2.24, 2.45) is 0 Å². The van der Waals surface area contributed by atoms with Gasteiger partial charge in [-0.3, -0.25) is 4.79 Å². The lowest BCUT2D eigenvalue weighted by molar-refractivity contribution is -0.705. The van der Waals surface area contributed by atoms with Crippen LogP contribution in [0.1, 0.15) is 13.3 Å². The van der Waals surface area contributed by atoms with Gasteiger partial charge in [0.1, 0.15) is 0 Å². The van der Waals surface area contributed by atoms with Crippen molar-refractivity contribution in [1.82, 2.24) is 5.27 Å². The summed E-state index contributed by atoms with van der Waals surface area (Å²) in [4.78, 5) is 12.7. The highest BCUT2D eigenvalue weighted by Gasteiger charge is 2.28. The maximum absolute atomic E-state index is 12.7. The van der Waals surface area contributed by atoms with Crippen molar-refractivity contribution in [3.63, 3.8) is 0 Å². The summed E-state index contributed by atoms with van der Waals surface area (Å²) in [6, 6.07) is 13.9. The molecule has 1 unspecified atom stereocenters. The van der Waals surface area contributed by atoms with E-state index in [1.807, 2.05) is 25.1 Å². The normalized spacial score (nSPS) is 12.0. The highest BCUT2D eigenvalue weighted by molar-refractivity contribution is 8.00. The first-order chi connectivity index (χ1) is 13.0. The largest absolute Gasteiger partial charge is 0.538 e. The Hall–Kier alpha value is -2.22. The Morgan fingerprint density at radius 1 is 1.30 bits per heavy atom. The fourth-order valence-corrected chi connectivity index (χ4v) is 3.65. The van der Waals surface area contributed by atoms with E-state index in [1.165, 1.54) is 4.68 Å². The summed E-state index contributed by atoms with van der Waals surface area (Å²) >= 11 is 13.1. The van der Waals surface area contributed by atoms with Gasteiger partial charge in [0.25, 0.3) is 5.03 Å². The molecule has 1 N–H and O–H groups in total. The lowest BCUT2D eigenvalue weighted by atomic mass is 10.2. The summed E-state index contributed by atoms with van der Waals surface area (Å²) in [5.74, 6) is -0.900. The number of rotatable bonds is 6. The van der Waals surface area contributed by atoms with Crippen LogP contribution in [0.3, 0.4) is 0 Å². The van der Waals surface area contributed by atoms with Crippen LogP contribution in [0.25, 0.3) is 5.69 Å². The van der Waals surface area contributed by atoms with Crippen molar-refractivity contribution >= 4 is 46.6 Å². The average Bonchev–Trinajstić information content (AvgIpc) is 3.03. The number of para-hydroxylation sites is 1. The van der Waals surface area contributed by atoms with Gasteiger partial charge in [-0.2, -0.15) is 0 Å². The third-order valence-electron chi connectivity index (χ3n) is 3.68.